The zero-order valence-corrected chi connectivity index (χ0v) is 16.6. The van der Waals surface area contributed by atoms with Crippen molar-refractivity contribution in [3.05, 3.63) is 74.7 Å². The number of aromatic amines is 1. The van der Waals surface area contributed by atoms with Gasteiger partial charge in [-0.2, -0.15) is 0 Å². The number of H-pyrrole nitrogens is 1. The lowest BCUT2D eigenvalue weighted by molar-refractivity contribution is 0.628. The predicted octanol–water partition coefficient (Wildman–Crippen LogP) is 5.36. The molecule has 0 saturated heterocycles. The average molecular weight is 423 g/mol. The molecule has 0 aliphatic heterocycles. The van der Waals surface area contributed by atoms with Crippen LogP contribution in [0.3, 0.4) is 0 Å². The summed E-state index contributed by atoms with van der Waals surface area (Å²) in [6.45, 7) is 1.93. The smallest absolute Gasteiger partial charge is 0.249 e. The van der Waals surface area contributed by atoms with Crippen LogP contribution in [0.2, 0.25) is 5.02 Å². The van der Waals surface area contributed by atoms with Crippen molar-refractivity contribution in [1.82, 2.24) is 19.9 Å². The molecule has 0 fully saturated rings. The van der Waals surface area contributed by atoms with E-state index >= 15 is 0 Å². The van der Waals surface area contributed by atoms with Crippen LogP contribution in [0.1, 0.15) is 5.01 Å². The highest BCUT2D eigenvalue weighted by molar-refractivity contribution is 7.18. The Kier molecular flexibility index (Phi) is 4.15. The Morgan fingerprint density at radius 1 is 0.966 bits per heavy atom. The van der Waals surface area contributed by atoms with E-state index in [0.29, 0.717) is 33.1 Å². The molecule has 0 bridgehead atoms. The minimum absolute atomic E-state index is 0.269. The molecule has 0 unspecified atom stereocenters. The molecule has 0 amide bonds. The van der Waals surface area contributed by atoms with Gasteiger partial charge in [-0.3, -0.25) is 4.79 Å². The molecule has 5 rings (SSSR count). The zero-order chi connectivity index (χ0) is 20.1. The molecule has 29 heavy (non-hydrogen) atoms. The van der Waals surface area contributed by atoms with Gasteiger partial charge < -0.3 is 4.98 Å². The maximum Gasteiger partial charge on any atom is 0.249 e. The predicted molar refractivity (Wildman–Crippen MR) is 114 cm³/mol. The van der Waals surface area contributed by atoms with Gasteiger partial charge in [0.15, 0.2) is 5.65 Å². The van der Waals surface area contributed by atoms with E-state index in [-0.39, 0.29) is 11.4 Å². The summed E-state index contributed by atoms with van der Waals surface area (Å²) in [5.74, 6) is -0.345. The SMILES string of the molecule is Cc1nc2c(Cl)cc(-c3nc4ccc(=O)[nH]c4nc3-c3ccc(F)cc3)cc2s1. The van der Waals surface area contributed by atoms with Crippen LogP contribution >= 0.6 is 22.9 Å². The number of benzene rings is 2. The van der Waals surface area contributed by atoms with Gasteiger partial charge in [-0.05, 0) is 49.4 Å². The fourth-order valence-corrected chi connectivity index (χ4v) is 4.43. The third-order valence-electron chi connectivity index (χ3n) is 4.50. The number of hydrogen-bond donors (Lipinski definition) is 1. The Bertz CT molecular complexity index is 1460. The zero-order valence-electron chi connectivity index (χ0n) is 15.0. The summed E-state index contributed by atoms with van der Waals surface area (Å²) in [4.78, 5) is 28.3. The monoisotopic (exact) mass is 422 g/mol. The molecule has 0 radical (unpaired) electrons. The van der Waals surface area contributed by atoms with E-state index in [9.17, 15) is 9.18 Å². The Hall–Kier alpha value is -3.16. The largest absolute Gasteiger partial charge is 0.305 e. The van der Waals surface area contributed by atoms with E-state index in [1.165, 1.54) is 18.2 Å². The van der Waals surface area contributed by atoms with Gasteiger partial charge in [0.2, 0.25) is 5.56 Å². The van der Waals surface area contributed by atoms with Crippen molar-refractivity contribution in [1.29, 1.82) is 0 Å². The molecule has 0 saturated carbocycles. The number of nitrogens with one attached hydrogen (secondary N) is 1. The van der Waals surface area contributed by atoms with E-state index in [1.807, 2.05) is 13.0 Å². The number of fused-ring (bicyclic) bond motifs is 2. The van der Waals surface area contributed by atoms with Crippen LogP contribution in [0.25, 0.3) is 43.9 Å². The normalized spacial score (nSPS) is 11.4. The number of rotatable bonds is 2. The first-order valence-electron chi connectivity index (χ1n) is 8.72. The number of aryl methyl sites for hydroxylation is 1. The summed E-state index contributed by atoms with van der Waals surface area (Å²) in [5, 5.41) is 1.44. The van der Waals surface area contributed by atoms with Gasteiger partial charge >= 0.3 is 0 Å². The lowest BCUT2D eigenvalue weighted by Gasteiger charge is -2.11. The standard InChI is InChI=1S/C21H12ClFN4OS/c1-10-24-20-14(22)8-12(9-16(20)29-10)19-18(11-2-4-13(23)5-3-11)27-21-15(25-19)6-7-17(28)26-21/h2-9H,1H3,(H,26,27,28). The maximum atomic E-state index is 13.5. The van der Waals surface area contributed by atoms with Crippen molar-refractivity contribution < 1.29 is 4.39 Å². The second-order valence-corrected chi connectivity index (χ2v) is 8.16. The molecule has 0 spiro atoms. The summed E-state index contributed by atoms with van der Waals surface area (Å²) in [5.41, 5.74) is 3.95. The highest BCUT2D eigenvalue weighted by atomic mass is 35.5. The number of aromatic nitrogens is 4. The molecule has 0 aliphatic carbocycles. The number of nitrogens with zero attached hydrogens (tertiary/aromatic N) is 3. The van der Waals surface area contributed by atoms with Crippen molar-refractivity contribution >= 4 is 44.3 Å². The maximum absolute atomic E-state index is 13.5. The minimum Gasteiger partial charge on any atom is -0.305 e. The first-order chi connectivity index (χ1) is 14.0. The van der Waals surface area contributed by atoms with Crippen LogP contribution < -0.4 is 5.56 Å². The summed E-state index contributed by atoms with van der Waals surface area (Å²) in [7, 11) is 0. The lowest BCUT2D eigenvalue weighted by Crippen LogP contribution is -2.06. The third-order valence-corrected chi connectivity index (χ3v) is 5.71. The Morgan fingerprint density at radius 3 is 2.52 bits per heavy atom. The van der Waals surface area contributed by atoms with Gasteiger partial charge in [0.25, 0.3) is 0 Å². The number of halogens is 2. The van der Waals surface area contributed by atoms with Crippen molar-refractivity contribution in [3.63, 3.8) is 0 Å². The molecule has 0 atom stereocenters. The van der Waals surface area contributed by atoms with Crippen molar-refractivity contribution in [3.8, 4) is 22.5 Å². The van der Waals surface area contributed by atoms with Gasteiger partial charge in [0.1, 0.15) is 16.9 Å². The molecule has 5 aromatic rings. The van der Waals surface area contributed by atoms with Crippen LogP contribution in [0.5, 0.6) is 0 Å². The Labute approximate surface area is 172 Å². The molecule has 1 N–H and O–H groups in total. The second-order valence-electron chi connectivity index (χ2n) is 6.52. The van der Waals surface area contributed by atoms with Gasteiger partial charge in [0.05, 0.1) is 26.1 Å². The van der Waals surface area contributed by atoms with E-state index in [1.54, 1.807) is 35.6 Å². The second kappa shape index (κ2) is 6.72. The Morgan fingerprint density at radius 2 is 1.72 bits per heavy atom. The summed E-state index contributed by atoms with van der Waals surface area (Å²) in [6, 6.07) is 12.8. The molecular weight excluding hydrogens is 411 g/mol. The van der Waals surface area contributed by atoms with Crippen molar-refractivity contribution in [2.45, 2.75) is 6.92 Å². The van der Waals surface area contributed by atoms with Crippen LogP contribution in [0.15, 0.2) is 53.3 Å². The molecule has 3 aromatic heterocycles. The first kappa shape index (κ1) is 17.9. The molecule has 3 heterocycles. The van der Waals surface area contributed by atoms with Crippen molar-refractivity contribution in [2.24, 2.45) is 0 Å². The molecule has 8 heteroatoms. The number of hydrogen-bond acceptors (Lipinski definition) is 5. The summed E-state index contributed by atoms with van der Waals surface area (Å²) in [6.07, 6.45) is 0. The quantitative estimate of drug-likeness (QED) is 0.415. The summed E-state index contributed by atoms with van der Waals surface area (Å²) >= 11 is 8.03. The fraction of sp³-hybridized carbons (Fsp3) is 0.0476. The molecule has 2 aromatic carbocycles. The van der Waals surface area contributed by atoms with Crippen LogP contribution in [-0.4, -0.2) is 19.9 Å². The molecule has 142 valence electrons. The molecule has 5 nitrogen and oxygen atoms in total. The minimum atomic E-state index is -0.345. The van der Waals surface area contributed by atoms with E-state index < -0.39 is 0 Å². The molecule has 0 aliphatic rings. The van der Waals surface area contributed by atoms with E-state index in [2.05, 4.69) is 15.0 Å². The van der Waals surface area contributed by atoms with Gasteiger partial charge in [0, 0.05) is 17.2 Å². The van der Waals surface area contributed by atoms with Crippen LogP contribution in [-0.2, 0) is 0 Å². The number of pyridine rings is 1. The summed E-state index contributed by atoms with van der Waals surface area (Å²) < 4.78 is 14.4. The lowest BCUT2D eigenvalue weighted by atomic mass is 10.0. The fourth-order valence-electron chi connectivity index (χ4n) is 3.22. The average Bonchev–Trinajstić information content (AvgIpc) is 3.08. The third kappa shape index (κ3) is 3.18. The highest BCUT2D eigenvalue weighted by Gasteiger charge is 2.17. The Balaban J connectivity index is 1.84. The molecular formula is C21H12ClFN4OS. The van der Waals surface area contributed by atoms with Gasteiger partial charge in [-0.25, -0.2) is 19.3 Å². The topological polar surface area (TPSA) is 71.5 Å². The number of thiazole rings is 1. The van der Waals surface area contributed by atoms with Gasteiger partial charge in [-0.1, -0.05) is 11.6 Å². The van der Waals surface area contributed by atoms with Crippen LogP contribution in [0, 0.1) is 12.7 Å². The first-order valence-corrected chi connectivity index (χ1v) is 9.91. The van der Waals surface area contributed by atoms with Gasteiger partial charge in [-0.15, -0.1) is 11.3 Å². The van der Waals surface area contributed by atoms with Crippen LogP contribution in [0.4, 0.5) is 4.39 Å². The van der Waals surface area contributed by atoms with E-state index in [0.717, 1.165) is 20.8 Å². The van der Waals surface area contributed by atoms with Crippen molar-refractivity contribution in [2.75, 3.05) is 0 Å². The highest BCUT2D eigenvalue weighted by Crippen LogP contribution is 2.36. The van der Waals surface area contributed by atoms with E-state index in [4.69, 9.17) is 16.6 Å².